The van der Waals surface area contributed by atoms with Crippen molar-refractivity contribution in [1.82, 2.24) is 0 Å². The number of aliphatic hydroxyl groups excluding tert-OH is 1. The largest absolute Gasteiger partial charge is 0.455 e. The van der Waals surface area contributed by atoms with Crippen molar-refractivity contribution >= 4 is 17.7 Å². The van der Waals surface area contributed by atoms with E-state index >= 15 is 0 Å². The van der Waals surface area contributed by atoms with Gasteiger partial charge in [0.1, 0.15) is 6.10 Å². The first-order valence-electron chi connectivity index (χ1n) is 13.4. The number of esters is 2. The molecule has 2 saturated carbocycles. The van der Waals surface area contributed by atoms with Gasteiger partial charge >= 0.3 is 11.9 Å². The molecule has 7 heteroatoms. The minimum atomic E-state index is -1.45. The average molecular weight is 513 g/mol. The van der Waals surface area contributed by atoms with Crippen molar-refractivity contribution in [2.75, 3.05) is 6.61 Å². The Balaban J connectivity index is 1.81. The van der Waals surface area contributed by atoms with Gasteiger partial charge in [0.2, 0.25) is 0 Å². The molecule has 7 nitrogen and oxygen atoms in total. The number of hydrogen-bond donors (Lipinski definition) is 2. The number of hydrogen-bond acceptors (Lipinski definition) is 7. The minimum absolute atomic E-state index is 0.0344. The van der Waals surface area contributed by atoms with E-state index in [1.165, 1.54) is 13.0 Å². The maximum Gasteiger partial charge on any atom is 0.331 e. The highest BCUT2D eigenvalue weighted by Crippen LogP contribution is 2.76. The van der Waals surface area contributed by atoms with Crippen LogP contribution in [-0.2, 0) is 23.9 Å². The third kappa shape index (κ3) is 4.06. The van der Waals surface area contributed by atoms with E-state index in [-0.39, 0.29) is 18.3 Å². The van der Waals surface area contributed by atoms with E-state index in [2.05, 4.69) is 6.92 Å². The molecule has 0 aromatic heterocycles. The molecule has 0 saturated heterocycles. The van der Waals surface area contributed by atoms with Crippen LogP contribution >= 0.6 is 0 Å². The smallest absolute Gasteiger partial charge is 0.331 e. The van der Waals surface area contributed by atoms with Gasteiger partial charge in [-0.15, -0.1) is 0 Å². The number of ether oxygens (including phenoxy) is 2. The summed E-state index contributed by atoms with van der Waals surface area (Å²) in [5.41, 5.74) is -1.94. The number of fused-ring (bicyclic) bond motifs is 5. The highest BCUT2D eigenvalue weighted by molar-refractivity contribution is 6.00. The molecular weight excluding hydrogens is 472 g/mol. The van der Waals surface area contributed by atoms with Gasteiger partial charge in [0.25, 0.3) is 0 Å². The second kappa shape index (κ2) is 9.66. The van der Waals surface area contributed by atoms with E-state index in [0.29, 0.717) is 17.6 Å². The summed E-state index contributed by atoms with van der Waals surface area (Å²) in [6, 6.07) is 0. The highest BCUT2D eigenvalue weighted by atomic mass is 16.6. The topological polar surface area (TPSA) is 110 Å². The molecular formula is C30H40O7. The van der Waals surface area contributed by atoms with Gasteiger partial charge < -0.3 is 19.7 Å². The van der Waals surface area contributed by atoms with Crippen LogP contribution in [0.5, 0.6) is 0 Å². The molecule has 0 amide bonds. The fraction of sp³-hybridized carbons (Fsp3) is 0.633. The maximum absolute atomic E-state index is 13.1. The second-order valence-electron chi connectivity index (χ2n) is 11.8. The first kappa shape index (κ1) is 27.5. The third-order valence-electron chi connectivity index (χ3n) is 9.38. The lowest BCUT2D eigenvalue weighted by Crippen LogP contribution is -2.63. The molecule has 2 fully saturated rings. The molecule has 0 spiro atoms. The molecule has 4 aliphatic carbocycles. The van der Waals surface area contributed by atoms with Crippen LogP contribution in [0.1, 0.15) is 60.8 Å². The van der Waals surface area contributed by atoms with E-state index < -0.39 is 58.3 Å². The highest BCUT2D eigenvalue weighted by Gasteiger charge is 2.87. The first-order valence-corrected chi connectivity index (χ1v) is 13.4. The predicted octanol–water partition coefficient (Wildman–Crippen LogP) is 3.85. The van der Waals surface area contributed by atoms with Crippen molar-refractivity contribution in [2.45, 2.75) is 78.1 Å². The Labute approximate surface area is 219 Å². The number of carbonyl (C=O) groups is 3. The van der Waals surface area contributed by atoms with Gasteiger partial charge in [-0.25, -0.2) is 4.79 Å². The molecule has 0 radical (unpaired) electrons. The van der Waals surface area contributed by atoms with Crippen LogP contribution in [-0.4, -0.2) is 51.8 Å². The molecule has 37 heavy (non-hydrogen) atoms. The summed E-state index contributed by atoms with van der Waals surface area (Å²) < 4.78 is 12.1. The Morgan fingerprint density at radius 3 is 2.51 bits per heavy atom. The van der Waals surface area contributed by atoms with E-state index in [9.17, 15) is 24.6 Å². The summed E-state index contributed by atoms with van der Waals surface area (Å²) in [5.74, 6) is -3.67. The Morgan fingerprint density at radius 2 is 1.89 bits per heavy atom. The Morgan fingerprint density at radius 1 is 1.19 bits per heavy atom. The normalized spacial score (nSPS) is 39.8. The lowest BCUT2D eigenvalue weighted by molar-refractivity contribution is -0.217. The average Bonchev–Trinajstić information content (AvgIpc) is 3.22. The predicted molar refractivity (Wildman–Crippen MR) is 138 cm³/mol. The minimum Gasteiger partial charge on any atom is -0.455 e. The van der Waals surface area contributed by atoms with Gasteiger partial charge in [0.15, 0.2) is 11.4 Å². The second-order valence-corrected chi connectivity index (χ2v) is 11.8. The zero-order valence-electron chi connectivity index (χ0n) is 22.7. The van der Waals surface area contributed by atoms with Crippen LogP contribution in [0.25, 0.3) is 0 Å². The summed E-state index contributed by atoms with van der Waals surface area (Å²) in [5, 5.41) is 22.7. The van der Waals surface area contributed by atoms with Gasteiger partial charge in [-0.05, 0) is 30.9 Å². The quantitative estimate of drug-likeness (QED) is 0.231. The fourth-order valence-electron chi connectivity index (χ4n) is 7.64. The summed E-state index contributed by atoms with van der Waals surface area (Å²) in [4.78, 5) is 38.5. The van der Waals surface area contributed by atoms with Crippen LogP contribution < -0.4 is 0 Å². The van der Waals surface area contributed by atoms with E-state index in [4.69, 9.17) is 9.47 Å². The van der Waals surface area contributed by atoms with Crippen molar-refractivity contribution in [3.05, 3.63) is 47.6 Å². The summed E-state index contributed by atoms with van der Waals surface area (Å²) >= 11 is 0. The Hall–Kier alpha value is -2.51. The van der Waals surface area contributed by atoms with E-state index in [1.54, 1.807) is 19.1 Å². The lowest BCUT2D eigenvalue weighted by Gasteiger charge is -2.52. The van der Waals surface area contributed by atoms with Gasteiger partial charge in [-0.3, -0.25) is 9.59 Å². The zero-order valence-corrected chi connectivity index (χ0v) is 22.7. The molecule has 8 unspecified atom stereocenters. The molecule has 2 N–H and O–H groups in total. The lowest BCUT2D eigenvalue weighted by atomic mass is 9.60. The van der Waals surface area contributed by atoms with Crippen LogP contribution in [0.15, 0.2) is 47.6 Å². The number of ketones is 1. The molecule has 0 aliphatic heterocycles. The first-order chi connectivity index (χ1) is 17.4. The van der Waals surface area contributed by atoms with Crippen molar-refractivity contribution in [2.24, 2.45) is 35.0 Å². The monoisotopic (exact) mass is 512 g/mol. The maximum atomic E-state index is 13.1. The summed E-state index contributed by atoms with van der Waals surface area (Å²) in [7, 11) is 0. The molecule has 4 aliphatic rings. The van der Waals surface area contributed by atoms with Crippen LogP contribution in [0.4, 0.5) is 0 Å². The van der Waals surface area contributed by atoms with Crippen molar-refractivity contribution in [3.63, 3.8) is 0 Å². The third-order valence-corrected chi connectivity index (χ3v) is 9.38. The molecule has 0 aromatic rings. The Bertz CT molecular complexity index is 1100. The number of unbranched alkanes of at least 4 members (excludes halogenated alkanes) is 1. The fourth-order valence-corrected chi connectivity index (χ4v) is 7.64. The van der Waals surface area contributed by atoms with Crippen molar-refractivity contribution < 1.29 is 34.1 Å². The SMILES string of the molecule is CCC/C=C/C=C/C(=O)OC1C(C)C2(O)C3C=C(C)C(=O)C3CC(CO)=CC2C2C(C)(C)C12OC(C)=O. The molecule has 8 atom stereocenters. The number of aliphatic hydroxyl groups is 2. The van der Waals surface area contributed by atoms with E-state index in [0.717, 1.165) is 12.8 Å². The van der Waals surface area contributed by atoms with Gasteiger partial charge in [0.05, 0.1) is 12.2 Å². The van der Waals surface area contributed by atoms with Crippen LogP contribution in [0.3, 0.4) is 0 Å². The number of Topliss-reactive ketones (excluding diaryl/α,β-unsaturated/α-hetero) is 1. The molecule has 0 aromatic carbocycles. The van der Waals surface area contributed by atoms with E-state index in [1.807, 2.05) is 39.0 Å². The van der Waals surface area contributed by atoms with Crippen molar-refractivity contribution in [3.8, 4) is 0 Å². The van der Waals surface area contributed by atoms with Gasteiger partial charge in [0, 0.05) is 48.0 Å². The van der Waals surface area contributed by atoms with Gasteiger partial charge in [-0.2, -0.15) is 0 Å². The summed E-state index contributed by atoms with van der Waals surface area (Å²) in [6.45, 7) is 10.7. The van der Waals surface area contributed by atoms with Crippen LogP contribution in [0.2, 0.25) is 0 Å². The standard InChI is InChI=1S/C30H40O7/c1-7-8-9-10-11-12-24(33)36-27-18(3)29(35)22-13-17(2)25(34)21(22)14-20(16-31)15-23(29)26-28(5,6)30(26,27)37-19(4)32/h9-13,15,18,21-23,26-27,31,35H,7-8,14,16H2,1-6H3/b10-9+,12-11+. The number of allylic oxidation sites excluding steroid dienone is 4. The van der Waals surface area contributed by atoms with Crippen molar-refractivity contribution in [1.29, 1.82) is 0 Å². The molecule has 202 valence electrons. The van der Waals surface area contributed by atoms with Gasteiger partial charge in [-0.1, -0.05) is 64.5 Å². The zero-order chi connectivity index (χ0) is 27.3. The molecule has 0 bridgehead atoms. The Kier molecular flexibility index (Phi) is 7.19. The molecule has 0 heterocycles. The van der Waals surface area contributed by atoms with Crippen LogP contribution in [0, 0.1) is 35.0 Å². The summed E-state index contributed by atoms with van der Waals surface area (Å²) in [6.07, 6.45) is 11.8. The number of rotatable bonds is 7. The number of carbonyl (C=O) groups excluding carboxylic acids is 3. The molecule has 4 rings (SSSR count).